The summed E-state index contributed by atoms with van der Waals surface area (Å²) in [7, 11) is 0. The number of amides is 2. The zero-order valence-electron chi connectivity index (χ0n) is 18.4. The molecule has 0 aliphatic carbocycles. The van der Waals surface area contributed by atoms with Gasteiger partial charge < -0.3 is 15.6 Å². The number of hydrogen-bond acceptors (Lipinski definition) is 6. The number of piperidine rings is 1. The number of H-pyrrole nitrogens is 1. The van der Waals surface area contributed by atoms with E-state index in [9.17, 15) is 9.59 Å². The lowest BCUT2D eigenvalue weighted by Gasteiger charge is -2.40. The fourth-order valence-electron chi connectivity index (χ4n) is 4.37. The van der Waals surface area contributed by atoms with Crippen LogP contribution < -0.4 is 11.1 Å². The van der Waals surface area contributed by atoms with Gasteiger partial charge in [-0.05, 0) is 49.0 Å². The number of hydrogen-bond donors (Lipinski definition) is 3. The molecule has 4 rings (SSSR count). The van der Waals surface area contributed by atoms with Crippen molar-refractivity contribution < 1.29 is 14.1 Å². The van der Waals surface area contributed by atoms with Crippen LogP contribution in [0.4, 0.5) is 0 Å². The van der Waals surface area contributed by atoms with Crippen LogP contribution in [-0.4, -0.2) is 45.5 Å². The number of primary amides is 1. The monoisotopic (exact) mass is 465 g/mol. The quantitative estimate of drug-likeness (QED) is 0.462. The van der Waals surface area contributed by atoms with Crippen molar-refractivity contribution in [3.05, 3.63) is 70.6 Å². The molecule has 1 aromatic heterocycles. The molecule has 0 spiro atoms. The van der Waals surface area contributed by atoms with Gasteiger partial charge in [-0.25, -0.2) is 5.16 Å². The van der Waals surface area contributed by atoms with E-state index in [1.165, 1.54) is 5.56 Å². The zero-order valence-corrected chi connectivity index (χ0v) is 19.2. The number of aromatic nitrogens is 2. The van der Waals surface area contributed by atoms with Crippen LogP contribution in [0.15, 0.2) is 59.1 Å². The van der Waals surface area contributed by atoms with Crippen molar-refractivity contribution in [3.63, 3.8) is 0 Å². The van der Waals surface area contributed by atoms with Gasteiger partial charge in [0.05, 0.1) is 12.1 Å². The van der Waals surface area contributed by atoms with E-state index in [4.69, 9.17) is 22.5 Å². The third-order valence-corrected chi connectivity index (χ3v) is 6.43. The Morgan fingerprint density at radius 2 is 1.97 bits per heavy atom. The minimum absolute atomic E-state index is 0.135. The molecule has 0 saturated carbocycles. The summed E-state index contributed by atoms with van der Waals surface area (Å²) in [6.07, 6.45) is 1.49. The third-order valence-electron chi connectivity index (χ3n) is 6.25. The average Bonchev–Trinajstić information content (AvgIpc) is 3.28. The topological polar surface area (TPSA) is 117 Å². The predicted molar refractivity (Wildman–Crippen MR) is 127 cm³/mol. The molecule has 0 radical (unpaired) electrons. The van der Waals surface area contributed by atoms with Gasteiger partial charge in [0.1, 0.15) is 0 Å². The minimum atomic E-state index is -0.475. The number of aromatic amines is 1. The lowest BCUT2D eigenvalue weighted by atomic mass is 9.84. The Balaban J connectivity index is 1.36. The lowest BCUT2D eigenvalue weighted by Crippen LogP contribution is -2.56. The smallest absolute Gasteiger partial charge is 0.314 e. The first kappa shape index (κ1) is 22.9. The maximum Gasteiger partial charge on any atom is 0.314 e. The second-order valence-electron chi connectivity index (χ2n) is 8.31. The van der Waals surface area contributed by atoms with Crippen molar-refractivity contribution >= 4 is 24.0 Å². The van der Waals surface area contributed by atoms with Gasteiger partial charge in [0.2, 0.25) is 11.8 Å². The number of benzene rings is 2. The molecule has 1 aliphatic rings. The van der Waals surface area contributed by atoms with Crippen LogP contribution in [0.3, 0.4) is 0 Å². The van der Waals surface area contributed by atoms with Gasteiger partial charge in [0, 0.05) is 18.7 Å². The molecule has 2 unspecified atom stereocenters. The molecule has 1 aliphatic heterocycles. The number of likely N-dealkylation sites (tertiary alicyclic amines) is 1. The predicted octanol–water partition coefficient (Wildman–Crippen LogP) is 3.14. The SMILES string of the molecule is C[C@@H](C(=O)NCc1ccc(-c2nc(=S)o[nH]2)cc1)N1CCC(c2ccccc2)CC1C(N)=O. The van der Waals surface area contributed by atoms with E-state index in [1.54, 1.807) is 0 Å². The molecule has 3 aromatic rings. The number of nitrogens with zero attached hydrogens (tertiary/aromatic N) is 2. The van der Waals surface area contributed by atoms with Crippen LogP contribution in [-0.2, 0) is 16.1 Å². The van der Waals surface area contributed by atoms with Crippen molar-refractivity contribution in [2.24, 2.45) is 5.73 Å². The Morgan fingerprint density at radius 3 is 2.61 bits per heavy atom. The number of carbonyl (C=O) groups is 2. The number of carbonyl (C=O) groups excluding carboxylic acids is 2. The summed E-state index contributed by atoms with van der Waals surface area (Å²) in [4.78, 5) is 31.3. The normalized spacial score (nSPS) is 19.7. The molecular weight excluding hydrogens is 438 g/mol. The summed E-state index contributed by atoms with van der Waals surface area (Å²) in [5, 5.41) is 5.64. The van der Waals surface area contributed by atoms with Crippen LogP contribution >= 0.6 is 12.2 Å². The van der Waals surface area contributed by atoms with E-state index >= 15 is 0 Å². The summed E-state index contributed by atoms with van der Waals surface area (Å²) in [5.41, 5.74) is 8.71. The highest BCUT2D eigenvalue weighted by molar-refractivity contribution is 7.71. The van der Waals surface area contributed by atoms with Crippen molar-refractivity contribution in [1.82, 2.24) is 20.4 Å². The Labute approximate surface area is 197 Å². The second kappa shape index (κ2) is 10.1. The van der Waals surface area contributed by atoms with Gasteiger partial charge in [-0.1, -0.05) is 54.6 Å². The van der Waals surface area contributed by atoms with E-state index in [-0.39, 0.29) is 16.7 Å². The molecule has 2 heterocycles. The maximum atomic E-state index is 12.9. The molecule has 1 fully saturated rings. The Morgan fingerprint density at radius 1 is 1.24 bits per heavy atom. The summed E-state index contributed by atoms with van der Waals surface area (Å²) in [6, 6.07) is 16.8. The Kier molecular flexibility index (Phi) is 7.00. The van der Waals surface area contributed by atoms with Crippen molar-refractivity contribution in [2.75, 3.05) is 6.54 Å². The van der Waals surface area contributed by atoms with E-state index in [0.717, 1.165) is 17.5 Å². The first-order chi connectivity index (χ1) is 15.9. The first-order valence-electron chi connectivity index (χ1n) is 10.9. The van der Waals surface area contributed by atoms with Crippen molar-refractivity contribution in [1.29, 1.82) is 0 Å². The minimum Gasteiger partial charge on any atom is -0.368 e. The van der Waals surface area contributed by atoms with Gasteiger partial charge in [0.25, 0.3) is 0 Å². The van der Waals surface area contributed by atoms with E-state index in [1.807, 2.05) is 54.3 Å². The van der Waals surface area contributed by atoms with Gasteiger partial charge in [0.15, 0.2) is 5.82 Å². The van der Waals surface area contributed by atoms with Gasteiger partial charge in [-0.3, -0.25) is 14.5 Å². The highest BCUT2D eigenvalue weighted by Gasteiger charge is 2.37. The molecule has 8 nitrogen and oxygen atoms in total. The maximum absolute atomic E-state index is 12.9. The highest BCUT2D eigenvalue weighted by atomic mass is 32.1. The molecule has 2 amide bonds. The molecular formula is C24H27N5O3S. The van der Waals surface area contributed by atoms with Crippen molar-refractivity contribution in [3.8, 4) is 11.4 Å². The number of rotatable bonds is 7. The van der Waals surface area contributed by atoms with Crippen LogP contribution in [0.25, 0.3) is 11.4 Å². The largest absolute Gasteiger partial charge is 0.368 e. The van der Waals surface area contributed by atoms with Crippen LogP contribution in [0, 0.1) is 4.84 Å². The fourth-order valence-corrected chi connectivity index (χ4v) is 4.51. The van der Waals surface area contributed by atoms with E-state index in [0.29, 0.717) is 25.3 Å². The molecule has 0 bridgehead atoms. The van der Waals surface area contributed by atoms with Gasteiger partial charge in [-0.15, -0.1) is 0 Å². The third kappa shape index (κ3) is 5.37. The zero-order chi connectivity index (χ0) is 23.4. The van der Waals surface area contributed by atoms with E-state index < -0.39 is 18.0 Å². The number of nitrogens with two attached hydrogens (primary N) is 1. The summed E-state index contributed by atoms with van der Waals surface area (Å²) in [5.74, 6) is 0.287. The van der Waals surface area contributed by atoms with Gasteiger partial charge in [-0.2, -0.15) is 4.98 Å². The standard InChI is InChI=1S/C24H27N5O3S/c1-15(29-12-11-19(13-20(29)21(25)30)17-5-3-2-4-6-17)23(31)26-14-16-7-9-18(10-8-16)22-27-24(33)32-28-22/h2-10,15,19-20H,11-14H2,1H3,(H2,25,30)(H,26,31)(H,27,28,33)/t15-,19?,20?/m0/s1. The molecule has 33 heavy (non-hydrogen) atoms. The Bertz CT molecular complexity index is 1160. The van der Waals surface area contributed by atoms with Crippen molar-refractivity contribution in [2.45, 2.75) is 44.3 Å². The summed E-state index contributed by atoms with van der Waals surface area (Å²) < 4.78 is 4.95. The highest BCUT2D eigenvalue weighted by Crippen LogP contribution is 2.32. The van der Waals surface area contributed by atoms with Crippen LogP contribution in [0.2, 0.25) is 0 Å². The van der Waals surface area contributed by atoms with Crippen LogP contribution in [0.1, 0.15) is 36.8 Å². The average molecular weight is 466 g/mol. The molecule has 9 heteroatoms. The van der Waals surface area contributed by atoms with Gasteiger partial charge >= 0.3 is 4.84 Å². The molecule has 3 atom stereocenters. The summed E-state index contributed by atoms with van der Waals surface area (Å²) >= 11 is 4.87. The molecule has 1 saturated heterocycles. The number of nitrogens with one attached hydrogen (secondary N) is 2. The summed E-state index contributed by atoms with van der Waals surface area (Å²) in [6.45, 7) is 2.83. The molecule has 172 valence electrons. The molecule has 4 N–H and O–H groups in total. The second-order valence-corrected chi connectivity index (χ2v) is 8.66. The lowest BCUT2D eigenvalue weighted by molar-refractivity contribution is -0.132. The first-order valence-corrected chi connectivity index (χ1v) is 11.4. The van der Waals surface area contributed by atoms with E-state index in [2.05, 4.69) is 27.6 Å². The van der Waals surface area contributed by atoms with Crippen LogP contribution in [0.5, 0.6) is 0 Å². The Hall–Kier alpha value is -3.30. The molecule has 2 aromatic carbocycles. The fraction of sp³-hybridized carbons (Fsp3) is 0.333.